The molecule has 1 amide bonds. The molecule has 3 aromatic rings. The highest BCUT2D eigenvalue weighted by atomic mass is 35.5. The molecular formula is C20H16Cl2N2O4. The Morgan fingerprint density at radius 1 is 1.11 bits per heavy atom. The zero-order valence-electron chi connectivity index (χ0n) is 15.0. The summed E-state index contributed by atoms with van der Waals surface area (Å²) in [5.74, 6) is -0.680. The van der Waals surface area contributed by atoms with Gasteiger partial charge in [-0.1, -0.05) is 41.4 Å². The van der Waals surface area contributed by atoms with Gasteiger partial charge in [0.15, 0.2) is 11.8 Å². The van der Waals surface area contributed by atoms with Gasteiger partial charge in [0.05, 0.1) is 0 Å². The van der Waals surface area contributed by atoms with Crippen LogP contribution < -0.4 is 5.32 Å². The first-order chi connectivity index (χ1) is 13.3. The zero-order valence-corrected chi connectivity index (χ0v) is 16.5. The molecule has 1 unspecified atom stereocenters. The van der Waals surface area contributed by atoms with E-state index < -0.39 is 18.0 Å². The first kappa shape index (κ1) is 19.9. The Bertz CT molecular complexity index is 998. The third kappa shape index (κ3) is 4.71. The average Bonchev–Trinajstić information content (AvgIpc) is 3.03. The molecule has 3 rings (SSSR count). The molecule has 1 aromatic heterocycles. The van der Waals surface area contributed by atoms with Crippen LogP contribution in [0.25, 0.3) is 11.5 Å². The molecule has 8 heteroatoms. The number of nitrogens with zero attached hydrogens (tertiary/aromatic N) is 1. The molecular weight excluding hydrogens is 403 g/mol. The molecule has 0 spiro atoms. The van der Waals surface area contributed by atoms with Crippen molar-refractivity contribution in [1.29, 1.82) is 0 Å². The van der Waals surface area contributed by atoms with Gasteiger partial charge in [-0.3, -0.25) is 4.79 Å². The number of halogens is 2. The maximum atomic E-state index is 12.4. The molecule has 1 heterocycles. The van der Waals surface area contributed by atoms with Crippen molar-refractivity contribution in [2.24, 2.45) is 0 Å². The average molecular weight is 419 g/mol. The lowest BCUT2D eigenvalue weighted by Gasteiger charge is -2.13. The number of anilines is 1. The van der Waals surface area contributed by atoms with Crippen LogP contribution in [0.4, 0.5) is 5.69 Å². The van der Waals surface area contributed by atoms with Crippen molar-refractivity contribution in [3.05, 3.63) is 70.0 Å². The van der Waals surface area contributed by atoms with Crippen molar-refractivity contribution >= 4 is 40.8 Å². The normalized spacial score (nSPS) is 11.7. The number of aromatic nitrogens is 1. The van der Waals surface area contributed by atoms with E-state index in [9.17, 15) is 9.59 Å². The molecule has 0 saturated carbocycles. The number of benzene rings is 2. The number of hydrogen-bond donors (Lipinski definition) is 1. The van der Waals surface area contributed by atoms with Crippen LogP contribution >= 0.6 is 23.2 Å². The second kappa shape index (κ2) is 8.46. The van der Waals surface area contributed by atoms with Gasteiger partial charge in [-0.2, -0.15) is 0 Å². The van der Waals surface area contributed by atoms with Crippen molar-refractivity contribution in [3.8, 4) is 11.5 Å². The monoisotopic (exact) mass is 418 g/mol. The number of hydrogen-bond acceptors (Lipinski definition) is 5. The van der Waals surface area contributed by atoms with E-state index in [4.69, 9.17) is 32.4 Å². The lowest BCUT2D eigenvalue weighted by molar-refractivity contribution is -0.123. The van der Waals surface area contributed by atoms with Gasteiger partial charge in [-0.15, -0.1) is 0 Å². The number of aryl methyl sites for hydroxylation is 1. The Morgan fingerprint density at radius 3 is 2.39 bits per heavy atom. The fourth-order valence-corrected chi connectivity index (χ4v) is 2.96. The highest BCUT2D eigenvalue weighted by Crippen LogP contribution is 2.24. The predicted octanol–water partition coefficient (Wildman–Crippen LogP) is 5.14. The fourth-order valence-electron chi connectivity index (χ4n) is 2.43. The van der Waals surface area contributed by atoms with E-state index in [2.05, 4.69) is 10.3 Å². The molecule has 0 radical (unpaired) electrons. The van der Waals surface area contributed by atoms with E-state index in [0.717, 1.165) is 5.56 Å². The van der Waals surface area contributed by atoms with Crippen LogP contribution in [0.2, 0.25) is 10.0 Å². The van der Waals surface area contributed by atoms with E-state index in [0.29, 0.717) is 27.4 Å². The summed E-state index contributed by atoms with van der Waals surface area (Å²) in [6, 6.07) is 13.8. The molecule has 28 heavy (non-hydrogen) atoms. The maximum Gasteiger partial charge on any atom is 0.361 e. The number of nitrogens with one attached hydrogen (secondary N) is 1. The Morgan fingerprint density at radius 2 is 1.75 bits per heavy atom. The highest BCUT2D eigenvalue weighted by Gasteiger charge is 2.24. The summed E-state index contributed by atoms with van der Waals surface area (Å²) < 4.78 is 10.8. The quantitative estimate of drug-likeness (QED) is 0.579. The summed E-state index contributed by atoms with van der Waals surface area (Å²) in [5.41, 5.74) is 1.15. The van der Waals surface area contributed by atoms with E-state index in [-0.39, 0.29) is 5.69 Å². The van der Waals surface area contributed by atoms with Crippen LogP contribution in [0, 0.1) is 6.92 Å². The topological polar surface area (TPSA) is 81.4 Å². The number of esters is 1. The molecule has 144 valence electrons. The smallest absolute Gasteiger partial charge is 0.361 e. The number of ether oxygens (including phenoxy) is 1. The summed E-state index contributed by atoms with van der Waals surface area (Å²) >= 11 is 11.8. The number of carbonyl (C=O) groups is 2. The first-order valence-corrected chi connectivity index (χ1v) is 9.10. The number of oxazole rings is 1. The maximum absolute atomic E-state index is 12.4. The van der Waals surface area contributed by atoms with Crippen molar-refractivity contribution < 1.29 is 18.7 Å². The largest absolute Gasteiger partial charge is 0.448 e. The molecule has 2 aromatic carbocycles. The van der Waals surface area contributed by atoms with E-state index >= 15 is 0 Å². The van der Waals surface area contributed by atoms with Crippen LogP contribution in [0.15, 0.2) is 52.9 Å². The molecule has 1 N–H and O–H groups in total. The van der Waals surface area contributed by atoms with Crippen LogP contribution in [0.3, 0.4) is 0 Å². The van der Waals surface area contributed by atoms with Gasteiger partial charge < -0.3 is 14.5 Å². The second-order valence-electron chi connectivity index (χ2n) is 5.98. The molecule has 6 nitrogen and oxygen atoms in total. The molecule has 1 atom stereocenters. The van der Waals surface area contributed by atoms with Crippen LogP contribution in [0.5, 0.6) is 0 Å². The van der Waals surface area contributed by atoms with E-state index in [1.165, 1.54) is 19.1 Å². The molecule has 0 bridgehead atoms. The van der Waals surface area contributed by atoms with Crippen molar-refractivity contribution in [3.63, 3.8) is 0 Å². The molecule has 0 saturated heterocycles. The Labute approximate surface area is 171 Å². The second-order valence-corrected chi connectivity index (χ2v) is 6.86. The highest BCUT2D eigenvalue weighted by molar-refractivity contribution is 6.35. The van der Waals surface area contributed by atoms with Gasteiger partial charge in [0.2, 0.25) is 5.89 Å². The minimum absolute atomic E-state index is 0.0179. The third-order valence-corrected chi connectivity index (χ3v) is 4.23. The van der Waals surface area contributed by atoms with Crippen LogP contribution in [0.1, 0.15) is 23.2 Å². The van der Waals surface area contributed by atoms with Gasteiger partial charge in [0.1, 0.15) is 5.76 Å². The van der Waals surface area contributed by atoms with Gasteiger partial charge in [0, 0.05) is 21.3 Å². The SMILES string of the molecule is Cc1oc(-c2ccccc2)nc1C(=O)OC(C)C(=O)Nc1cc(Cl)cc(Cl)c1. The van der Waals surface area contributed by atoms with Gasteiger partial charge >= 0.3 is 5.97 Å². The lowest BCUT2D eigenvalue weighted by Crippen LogP contribution is -2.30. The fraction of sp³-hybridized carbons (Fsp3) is 0.150. The predicted molar refractivity (Wildman–Crippen MR) is 107 cm³/mol. The Kier molecular flexibility index (Phi) is 6.02. The minimum Gasteiger partial charge on any atom is -0.448 e. The number of carbonyl (C=O) groups excluding carboxylic acids is 2. The number of amides is 1. The van der Waals surface area contributed by atoms with Crippen molar-refractivity contribution in [1.82, 2.24) is 4.98 Å². The van der Waals surface area contributed by atoms with Gasteiger partial charge in [-0.05, 0) is 44.2 Å². The summed E-state index contributed by atoms with van der Waals surface area (Å²) in [5, 5.41) is 3.35. The van der Waals surface area contributed by atoms with Crippen molar-refractivity contribution in [2.45, 2.75) is 20.0 Å². The summed E-state index contributed by atoms with van der Waals surface area (Å²) in [6.45, 7) is 3.06. The standard InChI is InChI=1S/C20H16Cl2N2O4/c1-11-17(24-19(27-11)13-6-4-3-5-7-13)20(26)28-12(2)18(25)23-16-9-14(21)8-15(22)10-16/h3-10,12H,1-2H3,(H,23,25). The summed E-state index contributed by atoms with van der Waals surface area (Å²) in [6.07, 6.45) is -1.07. The Balaban J connectivity index is 1.68. The third-order valence-electron chi connectivity index (χ3n) is 3.79. The van der Waals surface area contributed by atoms with E-state index in [1.54, 1.807) is 13.0 Å². The molecule has 0 aliphatic carbocycles. The van der Waals surface area contributed by atoms with Gasteiger partial charge in [-0.25, -0.2) is 9.78 Å². The molecule has 0 aliphatic rings. The first-order valence-electron chi connectivity index (χ1n) is 8.34. The summed E-state index contributed by atoms with van der Waals surface area (Å²) in [7, 11) is 0. The summed E-state index contributed by atoms with van der Waals surface area (Å²) in [4.78, 5) is 28.9. The molecule has 0 aliphatic heterocycles. The lowest BCUT2D eigenvalue weighted by atomic mass is 10.2. The number of rotatable bonds is 5. The minimum atomic E-state index is -1.07. The van der Waals surface area contributed by atoms with Gasteiger partial charge in [0.25, 0.3) is 5.91 Å². The van der Waals surface area contributed by atoms with Crippen LogP contribution in [-0.4, -0.2) is 23.0 Å². The van der Waals surface area contributed by atoms with Crippen LogP contribution in [-0.2, 0) is 9.53 Å². The zero-order chi connectivity index (χ0) is 20.3. The van der Waals surface area contributed by atoms with E-state index in [1.807, 2.05) is 30.3 Å². The molecule has 0 fully saturated rings. The Hall–Kier alpha value is -2.83. The van der Waals surface area contributed by atoms with Crippen molar-refractivity contribution in [2.75, 3.05) is 5.32 Å².